The van der Waals surface area contributed by atoms with Gasteiger partial charge in [0.1, 0.15) is 18.3 Å². The minimum Gasteiger partial charge on any atom is -0.375 e. The highest BCUT2D eigenvalue weighted by Crippen LogP contribution is 2.38. The maximum Gasteiger partial charge on any atom is 0.186 e. The van der Waals surface area contributed by atoms with Gasteiger partial charge in [-0.25, -0.2) is 0 Å². The van der Waals surface area contributed by atoms with E-state index in [1.807, 2.05) is 13.8 Å². The minimum atomic E-state index is -0.591. The summed E-state index contributed by atoms with van der Waals surface area (Å²) in [5.74, 6) is -0.591. The van der Waals surface area contributed by atoms with Crippen molar-refractivity contribution in [3.8, 4) is 0 Å². The number of rotatable bonds is 5. The average molecular weight is 244 g/mol. The molecule has 0 saturated carbocycles. The molecule has 0 N–H and O–H groups in total. The van der Waals surface area contributed by atoms with Crippen LogP contribution in [0.1, 0.15) is 13.8 Å². The van der Waals surface area contributed by atoms with Crippen LogP contribution in [0.4, 0.5) is 0 Å². The normalized spacial score (nSPS) is 39.2. The molecule has 2 fully saturated rings. The van der Waals surface area contributed by atoms with Crippen LogP contribution in [-0.2, 0) is 23.7 Å². The summed E-state index contributed by atoms with van der Waals surface area (Å²) in [5, 5.41) is 0. The molecule has 5 heteroatoms. The first-order valence-electron chi connectivity index (χ1n) is 5.80. The van der Waals surface area contributed by atoms with Gasteiger partial charge in [-0.3, -0.25) is 0 Å². The van der Waals surface area contributed by atoms with Crippen molar-refractivity contribution in [1.29, 1.82) is 0 Å². The Bertz CT molecular complexity index is 278. The van der Waals surface area contributed by atoms with Crippen LogP contribution >= 0.6 is 0 Å². The van der Waals surface area contributed by atoms with Gasteiger partial charge in [0.25, 0.3) is 0 Å². The fourth-order valence-corrected chi connectivity index (χ4v) is 2.23. The molecule has 17 heavy (non-hydrogen) atoms. The van der Waals surface area contributed by atoms with Crippen molar-refractivity contribution < 1.29 is 23.7 Å². The summed E-state index contributed by atoms with van der Waals surface area (Å²) in [6, 6.07) is 0. The van der Waals surface area contributed by atoms with E-state index in [0.29, 0.717) is 13.2 Å². The Kier molecular flexibility index (Phi) is 3.85. The van der Waals surface area contributed by atoms with E-state index in [1.54, 1.807) is 13.2 Å². The molecular weight excluding hydrogens is 224 g/mol. The zero-order chi connectivity index (χ0) is 12.5. The Morgan fingerprint density at radius 2 is 2.00 bits per heavy atom. The van der Waals surface area contributed by atoms with Crippen LogP contribution in [-0.4, -0.2) is 50.7 Å². The van der Waals surface area contributed by atoms with Crippen LogP contribution < -0.4 is 0 Å². The molecule has 2 aliphatic heterocycles. The molecule has 4 atom stereocenters. The second-order valence-corrected chi connectivity index (χ2v) is 4.67. The highest BCUT2D eigenvalue weighted by atomic mass is 16.8. The molecule has 2 saturated heterocycles. The van der Waals surface area contributed by atoms with Crippen molar-refractivity contribution in [2.45, 2.75) is 44.2 Å². The van der Waals surface area contributed by atoms with Crippen LogP contribution in [0.3, 0.4) is 0 Å². The lowest BCUT2D eigenvalue weighted by Gasteiger charge is -2.23. The van der Waals surface area contributed by atoms with Crippen LogP contribution in [0.5, 0.6) is 0 Å². The highest BCUT2D eigenvalue weighted by molar-refractivity contribution is 4.95. The van der Waals surface area contributed by atoms with E-state index in [9.17, 15) is 0 Å². The topological polar surface area (TPSA) is 46.2 Å². The van der Waals surface area contributed by atoms with Crippen LogP contribution in [0.25, 0.3) is 0 Å². The summed E-state index contributed by atoms with van der Waals surface area (Å²) in [4.78, 5) is 0. The van der Waals surface area contributed by atoms with Gasteiger partial charge >= 0.3 is 0 Å². The van der Waals surface area contributed by atoms with Crippen LogP contribution in [0, 0.1) is 0 Å². The number of methoxy groups -OCH3 is 1. The smallest absolute Gasteiger partial charge is 0.186 e. The maximum absolute atomic E-state index is 5.82. The Morgan fingerprint density at radius 1 is 1.29 bits per heavy atom. The molecule has 2 heterocycles. The van der Waals surface area contributed by atoms with Gasteiger partial charge < -0.3 is 23.7 Å². The lowest BCUT2D eigenvalue weighted by Crippen LogP contribution is -2.33. The monoisotopic (exact) mass is 244 g/mol. The summed E-state index contributed by atoms with van der Waals surface area (Å²) in [5.41, 5.74) is 0. The molecule has 0 radical (unpaired) electrons. The number of hydrogen-bond acceptors (Lipinski definition) is 5. The summed E-state index contributed by atoms with van der Waals surface area (Å²) in [6.45, 7) is 8.33. The molecule has 1 unspecified atom stereocenters. The third-order valence-electron chi connectivity index (χ3n) is 2.86. The number of fused-ring (bicyclic) bond motifs is 1. The first kappa shape index (κ1) is 13.0. The molecule has 98 valence electrons. The van der Waals surface area contributed by atoms with Crippen molar-refractivity contribution in [2.75, 3.05) is 20.3 Å². The van der Waals surface area contributed by atoms with E-state index in [1.165, 1.54) is 0 Å². The molecular formula is C12H20O5. The molecule has 0 aromatic rings. The van der Waals surface area contributed by atoms with Crippen LogP contribution in [0.2, 0.25) is 0 Å². The van der Waals surface area contributed by atoms with Crippen molar-refractivity contribution in [3.63, 3.8) is 0 Å². The largest absolute Gasteiger partial charge is 0.375 e. The fraction of sp³-hybridized carbons (Fsp3) is 0.833. The van der Waals surface area contributed by atoms with Crippen molar-refractivity contribution >= 4 is 0 Å². The Hall–Kier alpha value is -0.460. The summed E-state index contributed by atoms with van der Waals surface area (Å²) in [7, 11) is 1.60. The van der Waals surface area contributed by atoms with Crippen molar-refractivity contribution in [2.24, 2.45) is 0 Å². The molecule has 5 nitrogen and oxygen atoms in total. The first-order chi connectivity index (χ1) is 8.07. The SMILES string of the molecule is C=CCOC[C@H]1OC(OC)[C@@H]2OC(C)(C)O[C@H]12. The number of ether oxygens (including phenoxy) is 5. The van der Waals surface area contributed by atoms with E-state index in [-0.39, 0.29) is 24.6 Å². The van der Waals surface area contributed by atoms with Gasteiger partial charge in [0.15, 0.2) is 12.1 Å². The van der Waals surface area contributed by atoms with Crippen LogP contribution in [0.15, 0.2) is 12.7 Å². The highest BCUT2D eigenvalue weighted by Gasteiger charge is 2.55. The van der Waals surface area contributed by atoms with Gasteiger partial charge in [-0.2, -0.15) is 0 Å². The Balaban J connectivity index is 1.97. The summed E-state index contributed by atoms with van der Waals surface area (Å²) in [6.07, 6.45) is 0.828. The van der Waals surface area contributed by atoms with E-state index < -0.39 is 5.79 Å². The molecule has 0 spiro atoms. The molecule has 0 aromatic carbocycles. The zero-order valence-corrected chi connectivity index (χ0v) is 10.5. The van der Waals surface area contributed by atoms with Gasteiger partial charge in [-0.05, 0) is 13.8 Å². The third kappa shape index (κ3) is 2.69. The predicted molar refractivity (Wildman–Crippen MR) is 60.5 cm³/mol. The van der Waals surface area contributed by atoms with E-state index in [2.05, 4.69) is 6.58 Å². The summed E-state index contributed by atoms with van der Waals surface area (Å²) < 4.78 is 27.9. The van der Waals surface area contributed by atoms with Gasteiger partial charge in [0.05, 0.1) is 13.2 Å². The van der Waals surface area contributed by atoms with Gasteiger partial charge in [0.2, 0.25) is 0 Å². The molecule has 0 aromatic heterocycles. The maximum atomic E-state index is 5.82. The minimum absolute atomic E-state index is 0.139. The van der Waals surface area contributed by atoms with E-state index in [4.69, 9.17) is 23.7 Å². The molecule has 2 rings (SSSR count). The first-order valence-corrected chi connectivity index (χ1v) is 5.80. The Labute approximate surface area is 102 Å². The number of hydrogen-bond donors (Lipinski definition) is 0. The second-order valence-electron chi connectivity index (χ2n) is 4.67. The quantitative estimate of drug-likeness (QED) is 0.535. The molecule has 0 aliphatic carbocycles. The molecule has 0 amide bonds. The van der Waals surface area contributed by atoms with Gasteiger partial charge in [-0.1, -0.05) is 6.08 Å². The third-order valence-corrected chi connectivity index (χ3v) is 2.86. The van der Waals surface area contributed by atoms with Gasteiger partial charge in [0, 0.05) is 7.11 Å². The standard InChI is InChI=1S/C12H20O5/c1-5-6-14-7-8-9-10(11(13-4)15-8)17-12(2,3)16-9/h5,8-11H,1,6-7H2,2-4H3/t8-,9-,10-,11?/m1/s1. The predicted octanol–water partition coefficient (Wildman–Crippen LogP) is 1.08. The zero-order valence-electron chi connectivity index (χ0n) is 10.5. The van der Waals surface area contributed by atoms with E-state index in [0.717, 1.165) is 0 Å². The fourth-order valence-electron chi connectivity index (χ4n) is 2.23. The van der Waals surface area contributed by atoms with Gasteiger partial charge in [-0.15, -0.1) is 6.58 Å². The summed E-state index contributed by atoms with van der Waals surface area (Å²) >= 11 is 0. The Morgan fingerprint density at radius 3 is 2.65 bits per heavy atom. The lowest BCUT2D eigenvalue weighted by atomic mass is 10.1. The lowest BCUT2D eigenvalue weighted by molar-refractivity contribution is -0.231. The van der Waals surface area contributed by atoms with E-state index >= 15 is 0 Å². The van der Waals surface area contributed by atoms with Crippen molar-refractivity contribution in [1.82, 2.24) is 0 Å². The van der Waals surface area contributed by atoms with Crippen molar-refractivity contribution in [3.05, 3.63) is 12.7 Å². The molecule has 0 bridgehead atoms. The molecule has 2 aliphatic rings. The average Bonchev–Trinajstić information content (AvgIpc) is 2.73. The second kappa shape index (κ2) is 5.04.